The smallest absolute Gasteiger partial charge is 0.242 e. The Bertz CT molecular complexity index is 800. The maximum atomic E-state index is 12.5. The molecular weight excluding hydrogens is 308 g/mol. The van der Waals surface area contributed by atoms with Crippen LogP contribution in [0.1, 0.15) is 43.4 Å². The minimum Gasteiger partial charge on any atom is -0.344 e. The first-order valence-electron chi connectivity index (χ1n) is 9.34. The van der Waals surface area contributed by atoms with Gasteiger partial charge in [0.15, 0.2) is 0 Å². The topological polar surface area (TPSA) is 32.3 Å². The Kier molecular flexibility index (Phi) is 4.12. The third-order valence-corrected chi connectivity index (χ3v) is 5.90. The molecule has 1 amide bonds. The van der Waals surface area contributed by atoms with Gasteiger partial charge in [-0.3, -0.25) is 10.1 Å². The molecule has 2 aromatic rings. The highest BCUT2D eigenvalue weighted by Crippen LogP contribution is 2.39. The van der Waals surface area contributed by atoms with Crippen LogP contribution in [0.3, 0.4) is 0 Å². The number of benzene rings is 2. The molecule has 2 heterocycles. The standard InChI is InChI=1S/C22H26N2O/c1-3-16-6-4-7-17(14-16)18-8-5-9-19(15-18)20-10-11-22(23-20)12-13-24(2)21(22)25/h4-9,14-15,20,23H,3,10-13H2,1-2H3/t20-,22-/m1/s1. The molecule has 0 aliphatic carbocycles. The number of amides is 1. The number of likely N-dealkylation sites (N-methyl/N-ethyl adjacent to an activating group) is 1. The molecule has 0 saturated carbocycles. The zero-order valence-electron chi connectivity index (χ0n) is 15.1. The summed E-state index contributed by atoms with van der Waals surface area (Å²) in [4.78, 5) is 14.4. The first kappa shape index (κ1) is 16.3. The lowest BCUT2D eigenvalue weighted by molar-refractivity contribution is -0.131. The number of carbonyl (C=O) groups is 1. The molecule has 3 heteroatoms. The van der Waals surface area contributed by atoms with E-state index in [1.807, 2.05) is 11.9 Å². The van der Waals surface area contributed by atoms with E-state index in [1.54, 1.807) is 0 Å². The van der Waals surface area contributed by atoms with Gasteiger partial charge in [-0.1, -0.05) is 49.4 Å². The molecule has 2 aliphatic heterocycles. The fraction of sp³-hybridized carbons (Fsp3) is 0.409. The minimum absolute atomic E-state index is 0.266. The lowest BCUT2D eigenvalue weighted by atomic mass is 9.95. The summed E-state index contributed by atoms with van der Waals surface area (Å²) in [6.07, 6.45) is 3.95. The van der Waals surface area contributed by atoms with Crippen LogP contribution in [0.4, 0.5) is 0 Å². The van der Waals surface area contributed by atoms with Crippen molar-refractivity contribution in [2.75, 3.05) is 13.6 Å². The van der Waals surface area contributed by atoms with E-state index in [1.165, 1.54) is 22.3 Å². The van der Waals surface area contributed by atoms with Crippen molar-refractivity contribution in [3.63, 3.8) is 0 Å². The summed E-state index contributed by atoms with van der Waals surface area (Å²) >= 11 is 0. The van der Waals surface area contributed by atoms with Crippen molar-refractivity contribution in [1.82, 2.24) is 10.2 Å². The van der Waals surface area contributed by atoms with Gasteiger partial charge in [0.2, 0.25) is 5.91 Å². The number of nitrogens with zero attached hydrogens (tertiary/aromatic N) is 1. The number of hydrogen-bond donors (Lipinski definition) is 1. The molecule has 1 N–H and O–H groups in total. The summed E-state index contributed by atoms with van der Waals surface area (Å²) in [6.45, 7) is 3.05. The van der Waals surface area contributed by atoms with Gasteiger partial charge in [0.25, 0.3) is 0 Å². The van der Waals surface area contributed by atoms with Gasteiger partial charge in [-0.25, -0.2) is 0 Å². The van der Waals surface area contributed by atoms with Gasteiger partial charge in [0, 0.05) is 19.6 Å². The molecule has 2 aromatic carbocycles. The molecule has 0 aromatic heterocycles. The number of hydrogen-bond acceptors (Lipinski definition) is 2. The second-order valence-corrected chi connectivity index (χ2v) is 7.47. The first-order chi connectivity index (χ1) is 12.1. The van der Waals surface area contributed by atoms with Crippen molar-refractivity contribution in [2.24, 2.45) is 0 Å². The van der Waals surface area contributed by atoms with Crippen molar-refractivity contribution >= 4 is 5.91 Å². The van der Waals surface area contributed by atoms with E-state index in [0.29, 0.717) is 0 Å². The van der Waals surface area contributed by atoms with Gasteiger partial charge in [-0.2, -0.15) is 0 Å². The van der Waals surface area contributed by atoms with Crippen LogP contribution in [0.15, 0.2) is 48.5 Å². The van der Waals surface area contributed by atoms with Gasteiger partial charge in [-0.15, -0.1) is 0 Å². The normalized spacial score (nSPS) is 25.9. The molecule has 0 radical (unpaired) electrons. The molecule has 2 aliphatic rings. The Hall–Kier alpha value is -2.13. The van der Waals surface area contributed by atoms with Crippen molar-refractivity contribution in [3.05, 3.63) is 59.7 Å². The Morgan fingerprint density at radius 3 is 2.60 bits per heavy atom. The summed E-state index contributed by atoms with van der Waals surface area (Å²) < 4.78 is 0. The number of likely N-dealkylation sites (tertiary alicyclic amines) is 1. The van der Waals surface area contributed by atoms with Crippen molar-refractivity contribution < 1.29 is 4.79 Å². The largest absolute Gasteiger partial charge is 0.344 e. The highest BCUT2D eigenvalue weighted by atomic mass is 16.2. The molecule has 0 bridgehead atoms. The average molecular weight is 334 g/mol. The van der Waals surface area contributed by atoms with E-state index in [4.69, 9.17) is 0 Å². The van der Waals surface area contributed by atoms with Crippen LogP contribution in [0.25, 0.3) is 11.1 Å². The van der Waals surface area contributed by atoms with E-state index in [2.05, 4.69) is 60.8 Å². The maximum absolute atomic E-state index is 12.5. The molecule has 130 valence electrons. The number of aryl methyl sites for hydroxylation is 1. The number of rotatable bonds is 3. The van der Waals surface area contributed by atoms with E-state index >= 15 is 0 Å². The second-order valence-electron chi connectivity index (χ2n) is 7.47. The SMILES string of the molecule is CCc1cccc(-c2cccc([C@H]3CC[C@]4(CCN(C)C4=O)N3)c2)c1. The molecule has 0 unspecified atom stereocenters. The Morgan fingerprint density at radius 2 is 1.88 bits per heavy atom. The van der Waals surface area contributed by atoms with Crippen LogP contribution >= 0.6 is 0 Å². The third kappa shape index (κ3) is 2.87. The van der Waals surface area contributed by atoms with E-state index in [9.17, 15) is 4.79 Å². The minimum atomic E-state index is -0.322. The summed E-state index contributed by atoms with van der Waals surface area (Å²) in [7, 11) is 1.91. The summed E-state index contributed by atoms with van der Waals surface area (Å²) in [5, 5.41) is 3.67. The van der Waals surface area contributed by atoms with E-state index in [-0.39, 0.29) is 17.5 Å². The van der Waals surface area contributed by atoms with Gasteiger partial charge < -0.3 is 4.90 Å². The fourth-order valence-electron chi connectivity index (χ4n) is 4.32. The zero-order chi connectivity index (χ0) is 17.4. The Morgan fingerprint density at radius 1 is 1.12 bits per heavy atom. The second kappa shape index (κ2) is 6.30. The lowest BCUT2D eigenvalue weighted by Crippen LogP contribution is -2.47. The van der Waals surface area contributed by atoms with Gasteiger partial charge in [0.05, 0.1) is 0 Å². The molecular formula is C22H26N2O. The summed E-state index contributed by atoms with van der Waals surface area (Å²) in [6, 6.07) is 17.8. The lowest BCUT2D eigenvalue weighted by Gasteiger charge is -2.23. The Labute approximate surface area is 150 Å². The average Bonchev–Trinajstić information content (AvgIpc) is 3.22. The molecule has 25 heavy (non-hydrogen) atoms. The van der Waals surface area contributed by atoms with Crippen LogP contribution in [-0.4, -0.2) is 29.9 Å². The quantitative estimate of drug-likeness (QED) is 0.922. The van der Waals surface area contributed by atoms with Gasteiger partial charge in [0.1, 0.15) is 5.54 Å². The molecule has 2 saturated heterocycles. The molecule has 2 fully saturated rings. The van der Waals surface area contributed by atoms with Gasteiger partial charge in [-0.05, 0) is 54.0 Å². The first-order valence-corrected chi connectivity index (χ1v) is 9.34. The molecule has 3 nitrogen and oxygen atoms in total. The van der Waals surface area contributed by atoms with Crippen LogP contribution in [0.5, 0.6) is 0 Å². The number of nitrogens with one attached hydrogen (secondary N) is 1. The van der Waals surface area contributed by atoms with Crippen molar-refractivity contribution in [2.45, 2.75) is 44.2 Å². The number of carbonyl (C=O) groups excluding carboxylic acids is 1. The predicted octanol–water partition coefficient (Wildman–Crippen LogP) is 3.94. The highest BCUT2D eigenvalue weighted by molar-refractivity contribution is 5.88. The van der Waals surface area contributed by atoms with E-state index in [0.717, 1.165) is 32.2 Å². The summed E-state index contributed by atoms with van der Waals surface area (Å²) in [5.41, 5.74) is 4.85. The maximum Gasteiger partial charge on any atom is 0.242 e. The van der Waals surface area contributed by atoms with Crippen LogP contribution < -0.4 is 5.32 Å². The Balaban J connectivity index is 1.59. The predicted molar refractivity (Wildman–Crippen MR) is 101 cm³/mol. The van der Waals surface area contributed by atoms with Gasteiger partial charge >= 0.3 is 0 Å². The van der Waals surface area contributed by atoms with Crippen molar-refractivity contribution in [1.29, 1.82) is 0 Å². The molecule has 2 atom stereocenters. The molecule has 1 spiro atoms. The fourth-order valence-corrected chi connectivity index (χ4v) is 4.32. The van der Waals surface area contributed by atoms with E-state index < -0.39 is 0 Å². The van der Waals surface area contributed by atoms with Crippen LogP contribution in [0.2, 0.25) is 0 Å². The summed E-state index contributed by atoms with van der Waals surface area (Å²) in [5.74, 6) is 0.266. The third-order valence-electron chi connectivity index (χ3n) is 5.90. The monoisotopic (exact) mass is 334 g/mol. The zero-order valence-corrected chi connectivity index (χ0v) is 15.1. The van der Waals surface area contributed by atoms with Crippen molar-refractivity contribution in [3.8, 4) is 11.1 Å². The van der Waals surface area contributed by atoms with Crippen LogP contribution in [0, 0.1) is 0 Å². The molecule has 4 rings (SSSR count). The van der Waals surface area contributed by atoms with Crippen LogP contribution in [-0.2, 0) is 11.2 Å². The highest BCUT2D eigenvalue weighted by Gasteiger charge is 2.49.